The van der Waals surface area contributed by atoms with Crippen molar-refractivity contribution in [2.75, 3.05) is 12.8 Å². The summed E-state index contributed by atoms with van der Waals surface area (Å²) in [6.07, 6.45) is 0.653. The molecule has 1 aliphatic heterocycles. The fraction of sp³-hybridized carbons (Fsp3) is 0.571. The van der Waals surface area contributed by atoms with Gasteiger partial charge in [0.25, 0.3) is 0 Å². The maximum absolute atomic E-state index is 12.1. The van der Waals surface area contributed by atoms with Gasteiger partial charge in [0.1, 0.15) is 11.4 Å². The number of hydrogen-bond acceptors (Lipinski definition) is 3. The van der Waals surface area contributed by atoms with Crippen molar-refractivity contribution in [1.82, 2.24) is 4.31 Å². The van der Waals surface area contributed by atoms with Gasteiger partial charge >= 0.3 is 0 Å². The molecular formula is C14H21NO3S. The summed E-state index contributed by atoms with van der Waals surface area (Å²) < 4.78 is 31.6. The highest BCUT2D eigenvalue weighted by Gasteiger charge is 2.38. The van der Waals surface area contributed by atoms with Gasteiger partial charge in [-0.15, -0.1) is 0 Å². The van der Waals surface area contributed by atoms with Crippen LogP contribution in [0.3, 0.4) is 0 Å². The first-order valence-corrected chi connectivity index (χ1v) is 8.11. The molecule has 0 radical (unpaired) electrons. The molecule has 0 spiro atoms. The van der Waals surface area contributed by atoms with E-state index in [1.165, 1.54) is 4.31 Å². The summed E-state index contributed by atoms with van der Waals surface area (Å²) >= 11 is 0. The molecule has 19 heavy (non-hydrogen) atoms. The third-order valence-corrected chi connectivity index (χ3v) is 5.45. The van der Waals surface area contributed by atoms with E-state index in [4.69, 9.17) is 4.74 Å². The van der Waals surface area contributed by atoms with Crippen LogP contribution in [0.4, 0.5) is 0 Å². The largest absolute Gasteiger partial charge is 0.487 e. The van der Waals surface area contributed by atoms with E-state index < -0.39 is 10.0 Å². The van der Waals surface area contributed by atoms with Crippen LogP contribution in [0.25, 0.3) is 0 Å². The zero-order chi connectivity index (χ0) is 14.3. The molecule has 0 aliphatic carbocycles. The van der Waals surface area contributed by atoms with Crippen LogP contribution in [-0.4, -0.2) is 31.1 Å². The lowest BCUT2D eigenvalue weighted by molar-refractivity contribution is 0.0541. The third-order valence-electron chi connectivity index (χ3n) is 3.59. The Bertz CT molecular complexity index is 566. The molecule has 0 bridgehead atoms. The maximum Gasteiger partial charge on any atom is 0.214 e. The highest BCUT2D eigenvalue weighted by atomic mass is 32.2. The van der Waals surface area contributed by atoms with Crippen molar-refractivity contribution in [3.63, 3.8) is 0 Å². The fourth-order valence-electron chi connectivity index (χ4n) is 2.49. The standard InChI is InChI=1S/C14H21NO3S/c1-5-19(16,17)15(4)12-10-14(2,3)18-13-9-7-6-8-11(12)13/h6-9,12H,5,10H2,1-4H3. The Morgan fingerprint density at radius 2 is 2.00 bits per heavy atom. The van der Waals surface area contributed by atoms with Gasteiger partial charge in [-0.3, -0.25) is 0 Å². The average Bonchev–Trinajstić information content (AvgIpc) is 2.35. The molecule has 106 valence electrons. The number of para-hydroxylation sites is 1. The quantitative estimate of drug-likeness (QED) is 0.856. The molecule has 1 aromatic rings. The second-order valence-electron chi connectivity index (χ2n) is 5.54. The minimum Gasteiger partial charge on any atom is -0.487 e. The van der Waals surface area contributed by atoms with E-state index in [0.717, 1.165) is 11.3 Å². The monoisotopic (exact) mass is 283 g/mol. The van der Waals surface area contributed by atoms with Gasteiger partial charge in [-0.25, -0.2) is 8.42 Å². The molecule has 0 fully saturated rings. The number of nitrogens with zero attached hydrogens (tertiary/aromatic N) is 1. The summed E-state index contributed by atoms with van der Waals surface area (Å²) in [7, 11) is -1.56. The van der Waals surface area contributed by atoms with Gasteiger partial charge < -0.3 is 4.74 Å². The van der Waals surface area contributed by atoms with Gasteiger partial charge in [0.2, 0.25) is 10.0 Å². The fourth-order valence-corrected chi connectivity index (χ4v) is 3.47. The van der Waals surface area contributed by atoms with Crippen molar-refractivity contribution in [3.8, 4) is 5.75 Å². The molecule has 4 nitrogen and oxygen atoms in total. The summed E-state index contributed by atoms with van der Waals surface area (Å²) in [6.45, 7) is 5.65. The van der Waals surface area contributed by atoms with E-state index in [9.17, 15) is 8.42 Å². The smallest absolute Gasteiger partial charge is 0.214 e. The van der Waals surface area contributed by atoms with E-state index >= 15 is 0 Å². The minimum absolute atomic E-state index is 0.115. The molecule has 1 aliphatic rings. The third kappa shape index (κ3) is 2.77. The SMILES string of the molecule is CCS(=O)(=O)N(C)C1CC(C)(C)Oc2ccccc21. The van der Waals surface area contributed by atoms with Crippen molar-refractivity contribution in [2.24, 2.45) is 0 Å². The lowest BCUT2D eigenvalue weighted by Crippen LogP contribution is -2.42. The molecule has 0 saturated carbocycles. The molecule has 2 rings (SSSR count). The van der Waals surface area contributed by atoms with Crippen LogP contribution in [0.15, 0.2) is 24.3 Å². The van der Waals surface area contributed by atoms with Crippen LogP contribution in [-0.2, 0) is 10.0 Å². The summed E-state index contributed by atoms with van der Waals surface area (Å²) in [5.74, 6) is 0.894. The molecule has 0 saturated heterocycles. The molecule has 1 unspecified atom stereocenters. The van der Waals surface area contributed by atoms with Crippen molar-refractivity contribution in [3.05, 3.63) is 29.8 Å². The summed E-state index contributed by atoms with van der Waals surface area (Å²) in [5.41, 5.74) is 0.581. The zero-order valence-electron chi connectivity index (χ0n) is 11.9. The lowest BCUT2D eigenvalue weighted by Gasteiger charge is -2.40. The molecule has 0 N–H and O–H groups in total. The number of ether oxygens (including phenoxy) is 1. The van der Waals surface area contributed by atoms with E-state index in [1.54, 1.807) is 14.0 Å². The van der Waals surface area contributed by atoms with E-state index in [1.807, 2.05) is 38.1 Å². The summed E-state index contributed by atoms with van der Waals surface area (Å²) in [4.78, 5) is 0. The first kappa shape index (κ1) is 14.3. The Hall–Kier alpha value is -1.07. The Kier molecular flexibility index (Phi) is 3.62. The van der Waals surface area contributed by atoms with Gasteiger partial charge in [-0.2, -0.15) is 4.31 Å². The predicted octanol–water partition coefficient (Wildman–Crippen LogP) is 2.57. The van der Waals surface area contributed by atoms with Crippen molar-refractivity contribution in [1.29, 1.82) is 0 Å². The molecule has 5 heteroatoms. The second-order valence-corrected chi connectivity index (χ2v) is 7.85. The maximum atomic E-state index is 12.1. The molecule has 1 heterocycles. The number of rotatable bonds is 3. The Morgan fingerprint density at radius 3 is 2.63 bits per heavy atom. The zero-order valence-corrected chi connectivity index (χ0v) is 12.7. The van der Waals surface area contributed by atoms with Crippen LogP contribution in [0, 0.1) is 0 Å². The van der Waals surface area contributed by atoms with Gasteiger partial charge in [-0.05, 0) is 26.8 Å². The Balaban J connectivity index is 2.46. The van der Waals surface area contributed by atoms with Gasteiger partial charge in [-0.1, -0.05) is 18.2 Å². The first-order valence-electron chi connectivity index (χ1n) is 6.50. The Labute approximate surface area is 115 Å². The second kappa shape index (κ2) is 4.80. The topological polar surface area (TPSA) is 46.6 Å². The summed E-state index contributed by atoms with van der Waals surface area (Å²) in [6, 6.07) is 7.50. The summed E-state index contributed by atoms with van der Waals surface area (Å²) in [5, 5.41) is 0. The number of benzene rings is 1. The van der Waals surface area contributed by atoms with Crippen molar-refractivity contribution in [2.45, 2.75) is 38.8 Å². The predicted molar refractivity (Wildman–Crippen MR) is 75.7 cm³/mol. The van der Waals surface area contributed by atoms with Crippen LogP contribution < -0.4 is 4.74 Å². The Morgan fingerprint density at radius 1 is 1.37 bits per heavy atom. The van der Waals surface area contributed by atoms with Crippen molar-refractivity contribution < 1.29 is 13.2 Å². The van der Waals surface area contributed by atoms with Gasteiger partial charge in [0, 0.05) is 19.0 Å². The molecule has 0 amide bonds. The lowest BCUT2D eigenvalue weighted by atomic mass is 9.90. The first-order chi connectivity index (χ1) is 8.77. The van der Waals surface area contributed by atoms with Crippen LogP contribution in [0.1, 0.15) is 38.8 Å². The highest BCUT2D eigenvalue weighted by molar-refractivity contribution is 7.89. The van der Waals surface area contributed by atoms with Crippen molar-refractivity contribution >= 4 is 10.0 Å². The highest BCUT2D eigenvalue weighted by Crippen LogP contribution is 2.42. The minimum atomic E-state index is -3.21. The molecular weight excluding hydrogens is 262 g/mol. The van der Waals surface area contributed by atoms with E-state index in [2.05, 4.69) is 0 Å². The van der Waals surface area contributed by atoms with E-state index in [-0.39, 0.29) is 17.4 Å². The number of hydrogen-bond donors (Lipinski definition) is 0. The van der Waals surface area contributed by atoms with Crippen LogP contribution in [0.5, 0.6) is 5.75 Å². The van der Waals surface area contributed by atoms with Gasteiger partial charge in [0.15, 0.2) is 0 Å². The number of sulfonamides is 1. The molecule has 0 aromatic heterocycles. The van der Waals surface area contributed by atoms with Crippen LogP contribution in [0.2, 0.25) is 0 Å². The van der Waals surface area contributed by atoms with Gasteiger partial charge in [0.05, 0.1) is 11.8 Å². The molecule has 1 aromatic carbocycles. The average molecular weight is 283 g/mol. The molecule has 1 atom stereocenters. The normalized spacial score (nSPS) is 21.8. The number of fused-ring (bicyclic) bond motifs is 1. The van der Waals surface area contributed by atoms with E-state index in [0.29, 0.717) is 6.42 Å². The van der Waals surface area contributed by atoms with Crippen LogP contribution >= 0.6 is 0 Å².